The van der Waals surface area contributed by atoms with E-state index in [0.717, 1.165) is 23.4 Å². The summed E-state index contributed by atoms with van der Waals surface area (Å²) in [7, 11) is 0. The van der Waals surface area contributed by atoms with Crippen molar-refractivity contribution in [2.75, 3.05) is 18.6 Å². The second-order valence-electron chi connectivity index (χ2n) is 7.50. The van der Waals surface area contributed by atoms with E-state index in [1.54, 1.807) is 12.1 Å². The lowest BCUT2D eigenvalue weighted by molar-refractivity contribution is -0.114. The first kappa shape index (κ1) is 25.0. The number of amides is 1. The van der Waals surface area contributed by atoms with Gasteiger partial charge in [-0.2, -0.15) is 5.01 Å². The van der Waals surface area contributed by atoms with Crippen molar-refractivity contribution in [1.29, 1.82) is 0 Å². The quantitative estimate of drug-likeness (QED) is 0.268. The summed E-state index contributed by atoms with van der Waals surface area (Å²) in [6.07, 6.45) is 1.94. The summed E-state index contributed by atoms with van der Waals surface area (Å²) >= 11 is 0. The van der Waals surface area contributed by atoms with E-state index < -0.39 is 12.2 Å². The number of rotatable bonds is 11. The molecule has 0 saturated heterocycles. The largest absolute Gasteiger partial charge is 0.513 e. The minimum absolute atomic E-state index is 0.0472. The molecule has 1 N–H and O–H groups in total. The van der Waals surface area contributed by atoms with Gasteiger partial charge in [0.15, 0.2) is 5.78 Å². The molecule has 8 heteroatoms. The third-order valence-corrected chi connectivity index (χ3v) is 4.82. The highest BCUT2D eigenvalue weighted by molar-refractivity contribution is 6.03. The van der Waals surface area contributed by atoms with Gasteiger partial charge in [0.2, 0.25) is 0 Å². The van der Waals surface area contributed by atoms with Crippen LogP contribution in [0.4, 0.5) is 15.3 Å². The number of aryl methyl sites for hydroxylation is 1. The molecular formula is C24H32N2O6. The first-order valence-corrected chi connectivity index (χ1v) is 11.0. The summed E-state index contributed by atoms with van der Waals surface area (Å²) in [6.45, 7) is 10.3. The molecule has 0 radical (unpaired) electrons. The third kappa shape index (κ3) is 7.14. The predicted octanol–water partition coefficient (Wildman–Crippen LogP) is 5.64. The fraction of sp³-hybridized carbons (Fsp3) is 0.458. The van der Waals surface area contributed by atoms with Crippen LogP contribution >= 0.6 is 0 Å². The summed E-state index contributed by atoms with van der Waals surface area (Å²) in [5.74, 6) is -0.137. The Bertz CT molecular complexity index is 860. The summed E-state index contributed by atoms with van der Waals surface area (Å²) in [5.41, 5.74) is 4.73. The molecule has 0 heterocycles. The molecule has 32 heavy (non-hydrogen) atoms. The molecule has 0 fully saturated rings. The Balaban J connectivity index is 2.25. The second kappa shape index (κ2) is 12.5. The average Bonchev–Trinajstić information content (AvgIpc) is 3.12. The van der Waals surface area contributed by atoms with Gasteiger partial charge in [0.1, 0.15) is 5.76 Å². The number of hydrogen-bond acceptors (Lipinski definition) is 7. The molecule has 174 valence electrons. The minimum Gasteiger partial charge on any atom is -0.448 e. The normalized spacial score (nSPS) is 13.0. The van der Waals surface area contributed by atoms with Crippen LogP contribution in [0.1, 0.15) is 57.9 Å². The Morgan fingerprint density at radius 3 is 2.28 bits per heavy atom. The number of benzene rings is 1. The fourth-order valence-corrected chi connectivity index (χ4v) is 2.95. The number of hydrazine groups is 1. The smallest absolute Gasteiger partial charge is 0.448 e. The van der Waals surface area contributed by atoms with Crippen LogP contribution in [0.3, 0.4) is 0 Å². The summed E-state index contributed by atoms with van der Waals surface area (Å²) in [5, 5.41) is 1.07. The molecule has 2 rings (SSSR count). The second-order valence-corrected chi connectivity index (χ2v) is 7.50. The highest BCUT2D eigenvalue weighted by atomic mass is 16.7. The van der Waals surface area contributed by atoms with Crippen molar-refractivity contribution in [3.8, 4) is 0 Å². The van der Waals surface area contributed by atoms with Crippen molar-refractivity contribution in [3.05, 3.63) is 53.4 Å². The topological polar surface area (TPSA) is 94.2 Å². The lowest BCUT2D eigenvalue weighted by Gasteiger charge is -2.26. The van der Waals surface area contributed by atoms with Gasteiger partial charge in [-0.25, -0.2) is 9.59 Å². The highest BCUT2D eigenvalue weighted by Gasteiger charge is 2.33. The van der Waals surface area contributed by atoms with Gasteiger partial charge in [0, 0.05) is 12.8 Å². The van der Waals surface area contributed by atoms with Gasteiger partial charge in [-0.3, -0.25) is 10.2 Å². The maximum atomic E-state index is 12.8. The Labute approximate surface area is 189 Å². The van der Waals surface area contributed by atoms with E-state index in [1.807, 2.05) is 32.9 Å². The number of Topliss-reactive ketones (excluding diaryl/α,β-unsaturated/α-hetero) is 1. The van der Waals surface area contributed by atoms with E-state index in [9.17, 15) is 14.4 Å². The van der Waals surface area contributed by atoms with E-state index in [1.165, 1.54) is 0 Å². The summed E-state index contributed by atoms with van der Waals surface area (Å²) in [4.78, 5) is 37.4. The first-order chi connectivity index (χ1) is 15.4. The zero-order valence-electron chi connectivity index (χ0n) is 19.1. The number of nitrogens with zero attached hydrogens (tertiary/aromatic N) is 1. The molecule has 0 spiro atoms. The van der Waals surface area contributed by atoms with Gasteiger partial charge in [0.05, 0.1) is 30.2 Å². The third-order valence-electron chi connectivity index (χ3n) is 4.82. The number of anilines is 1. The molecule has 0 saturated carbocycles. The van der Waals surface area contributed by atoms with Gasteiger partial charge < -0.3 is 14.2 Å². The number of nitrogens with one attached hydrogen (secondary N) is 1. The van der Waals surface area contributed by atoms with Crippen molar-refractivity contribution in [1.82, 2.24) is 5.01 Å². The number of carbonyl (C=O) groups excluding carboxylic acids is 3. The van der Waals surface area contributed by atoms with Gasteiger partial charge in [0.25, 0.3) is 0 Å². The molecule has 1 amide bonds. The van der Waals surface area contributed by atoms with Crippen LogP contribution in [0.15, 0.2) is 47.9 Å². The van der Waals surface area contributed by atoms with Gasteiger partial charge in [-0.05, 0) is 31.9 Å². The van der Waals surface area contributed by atoms with Crippen LogP contribution in [-0.2, 0) is 19.0 Å². The highest BCUT2D eigenvalue weighted by Crippen LogP contribution is 2.31. The van der Waals surface area contributed by atoms with Crippen molar-refractivity contribution in [2.45, 2.75) is 59.3 Å². The number of ketones is 1. The average molecular weight is 445 g/mol. The van der Waals surface area contributed by atoms with Crippen LogP contribution in [0, 0.1) is 6.92 Å². The first-order valence-electron chi connectivity index (χ1n) is 11.0. The zero-order chi connectivity index (χ0) is 23.5. The number of unbranched alkanes of at least 4 members (excludes halogenated alkanes) is 2. The Kier molecular flexibility index (Phi) is 9.78. The van der Waals surface area contributed by atoms with Crippen LogP contribution in [0.5, 0.6) is 0 Å². The molecule has 1 aromatic carbocycles. The predicted molar refractivity (Wildman–Crippen MR) is 121 cm³/mol. The van der Waals surface area contributed by atoms with E-state index in [2.05, 4.69) is 12.0 Å². The maximum absolute atomic E-state index is 12.8. The molecule has 0 atom stereocenters. The summed E-state index contributed by atoms with van der Waals surface area (Å²) in [6, 6.07) is 7.35. The molecule has 0 unspecified atom stereocenters. The molecular weight excluding hydrogens is 412 g/mol. The van der Waals surface area contributed by atoms with Crippen LogP contribution < -0.4 is 5.43 Å². The maximum Gasteiger partial charge on any atom is 0.513 e. The standard InChI is InChI=1S/C24H32N2O6/c1-5-7-15-30-23(28)26(25-19-11-9-17(3)10-12-19)18(4)22-20(27)13-14-21(22)32-24(29)31-16-8-6-2/h9-12,25H,4-8,13-16H2,1-3H3. The number of hydrogen-bond donors (Lipinski definition) is 1. The van der Waals surface area contributed by atoms with Gasteiger partial charge in [-0.1, -0.05) is 51.0 Å². The van der Waals surface area contributed by atoms with Crippen molar-refractivity contribution in [2.24, 2.45) is 0 Å². The SMILES string of the molecule is C=C(C1=C(OC(=O)OCCCC)CCC1=O)N(Nc1ccc(C)cc1)C(=O)OCCCC. The Hall–Kier alpha value is -3.29. The van der Waals surface area contributed by atoms with Crippen molar-refractivity contribution < 1.29 is 28.6 Å². The molecule has 1 aliphatic carbocycles. The van der Waals surface area contributed by atoms with E-state index >= 15 is 0 Å². The molecule has 0 aliphatic heterocycles. The molecule has 8 nitrogen and oxygen atoms in total. The van der Waals surface area contributed by atoms with E-state index in [4.69, 9.17) is 14.2 Å². The Morgan fingerprint density at radius 1 is 1.03 bits per heavy atom. The molecule has 1 aromatic rings. The van der Waals surface area contributed by atoms with E-state index in [0.29, 0.717) is 18.5 Å². The lowest BCUT2D eigenvalue weighted by atomic mass is 10.1. The monoisotopic (exact) mass is 444 g/mol. The minimum atomic E-state index is -0.878. The lowest BCUT2D eigenvalue weighted by Crippen LogP contribution is -2.37. The molecule has 1 aliphatic rings. The van der Waals surface area contributed by atoms with Crippen LogP contribution in [0.25, 0.3) is 0 Å². The number of allylic oxidation sites excluding steroid dienone is 2. The Morgan fingerprint density at radius 2 is 1.66 bits per heavy atom. The van der Waals surface area contributed by atoms with Crippen molar-refractivity contribution >= 4 is 23.7 Å². The van der Waals surface area contributed by atoms with Crippen LogP contribution in [0.2, 0.25) is 0 Å². The summed E-state index contributed by atoms with van der Waals surface area (Å²) < 4.78 is 15.7. The fourth-order valence-electron chi connectivity index (χ4n) is 2.95. The van der Waals surface area contributed by atoms with Gasteiger partial charge >= 0.3 is 12.2 Å². The van der Waals surface area contributed by atoms with Crippen LogP contribution in [-0.4, -0.2) is 36.3 Å². The number of ether oxygens (including phenoxy) is 3. The molecule has 0 bridgehead atoms. The zero-order valence-corrected chi connectivity index (χ0v) is 19.1. The molecule has 0 aromatic heterocycles. The van der Waals surface area contributed by atoms with E-state index in [-0.39, 0.29) is 48.9 Å². The van der Waals surface area contributed by atoms with Crippen molar-refractivity contribution in [3.63, 3.8) is 0 Å². The number of carbonyl (C=O) groups is 3. The van der Waals surface area contributed by atoms with Gasteiger partial charge in [-0.15, -0.1) is 0 Å².